The van der Waals surface area contributed by atoms with Crippen molar-refractivity contribution >= 4 is 5.91 Å². The van der Waals surface area contributed by atoms with Crippen molar-refractivity contribution in [2.24, 2.45) is 0 Å². The molecule has 34 heavy (non-hydrogen) atoms. The molecule has 2 aliphatic rings. The Balaban J connectivity index is 1.29. The lowest BCUT2D eigenvalue weighted by atomic mass is 9.88. The lowest BCUT2D eigenvalue weighted by Gasteiger charge is -2.28. The van der Waals surface area contributed by atoms with Crippen LogP contribution in [0.4, 0.5) is 0 Å². The molecule has 2 atom stereocenters. The zero-order valence-corrected chi connectivity index (χ0v) is 19.7. The minimum atomic E-state index is -0.699. The molecule has 4 N–H and O–H groups in total. The summed E-state index contributed by atoms with van der Waals surface area (Å²) in [5, 5.41) is 33.2. The first-order chi connectivity index (χ1) is 16.5. The third kappa shape index (κ3) is 6.29. The van der Waals surface area contributed by atoms with Gasteiger partial charge in [0.15, 0.2) is 6.61 Å². The number of phenolic OH excluding ortho intramolecular Hbond substituents is 1. The van der Waals surface area contributed by atoms with Crippen molar-refractivity contribution in [2.45, 2.75) is 57.1 Å². The molecular weight excluding hydrogens is 432 g/mol. The number of nitrogens with one attached hydrogen (secondary N) is 1. The predicted octanol–water partition coefficient (Wildman–Crippen LogP) is 2.50. The number of likely N-dealkylation sites (tertiary alicyclic amines) is 1. The van der Waals surface area contributed by atoms with Gasteiger partial charge in [0, 0.05) is 32.3 Å². The van der Waals surface area contributed by atoms with E-state index in [1.807, 2.05) is 17.0 Å². The SMILES string of the molecule is O=C(COc1ccc2c(c1)C[C@@H](NC[C@@H](O)c1ccc(O)c(CCO)c1)CC2)N1CCCCC1. The van der Waals surface area contributed by atoms with E-state index in [1.165, 1.54) is 17.5 Å². The minimum Gasteiger partial charge on any atom is -0.508 e. The number of benzene rings is 2. The number of piperidine rings is 1. The van der Waals surface area contributed by atoms with Crippen molar-refractivity contribution in [1.29, 1.82) is 0 Å². The van der Waals surface area contributed by atoms with E-state index in [1.54, 1.807) is 18.2 Å². The van der Waals surface area contributed by atoms with Crippen molar-refractivity contribution in [1.82, 2.24) is 10.2 Å². The van der Waals surface area contributed by atoms with Gasteiger partial charge in [-0.25, -0.2) is 0 Å². The molecule has 0 radical (unpaired) electrons. The molecule has 0 saturated carbocycles. The highest BCUT2D eigenvalue weighted by Crippen LogP contribution is 2.27. The number of aliphatic hydroxyl groups excluding tert-OH is 2. The van der Waals surface area contributed by atoms with Crippen LogP contribution in [0, 0.1) is 0 Å². The highest BCUT2D eigenvalue weighted by atomic mass is 16.5. The average Bonchev–Trinajstić information content (AvgIpc) is 2.87. The Kier molecular flexibility index (Phi) is 8.43. The van der Waals surface area contributed by atoms with Crippen LogP contribution in [-0.2, 0) is 24.1 Å². The Hall–Kier alpha value is -2.61. The predicted molar refractivity (Wildman–Crippen MR) is 130 cm³/mol. The number of amides is 1. The number of hydrogen-bond acceptors (Lipinski definition) is 6. The molecule has 184 valence electrons. The van der Waals surface area contributed by atoms with Gasteiger partial charge in [0.1, 0.15) is 11.5 Å². The highest BCUT2D eigenvalue weighted by molar-refractivity contribution is 5.77. The summed E-state index contributed by atoms with van der Waals surface area (Å²) in [6.45, 7) is 2.10. The van der Waals surface area contributed by atoms with Crippen molar-refractivity contribution in [3.05, 3.63) is 58.7 Å². The van der Waals surface area contributed by atoms with Crippen molar-refractivity contribution in [3.8, 4) is 11.5 Å². The monoisotopic (exact) mass is 468 g/mol. The van der Waals surface area contributed by atoms with Crippen LogP contribution in [0.25, 0.3) is 0 Å². The molecule has 1 aliphatic heterocycles. The fraction of sp³-hybridized carbons (Fsp3) is 0.519. The number of hydrogen-bond donors (Lipinski definition) is 4. The molecule has 1 amide bonds. The number of aromatic hydroxyl groups is 1. The second-order valence-corrected chi connectivity index (χ2v) is 9.39. The number of aliphatic hydroxyl groups is 2. The number of rotatable bonds is 9. The third-order valence-corrected chi connectivity index (χ3v) is 6.95. The van der Waals surface area contributed by atoms with E-state index in [0.29, 0.717) is 18.5 Å². The maximum atomic E-state index is 12.4. The number of nitrogens with zero attached hydrogens (tertiary/aromatic N) is 1. The molecule has 0 aromatic heterocycles. The summed E-state index contributed by atoms with van der Waals surface area (Å²) in [5.74, 6) is 0.921. The Morgan fingerprint density at radius 1 is 1.12 bits per heavy atom. The molecule has 7 heteroatoms. The molecule has 2 aromatic rings. The smallest absolute Gasteiger partial charge is 0.260 e. The zero-order valence-electron chi connectivity index (χ0n) is 19.7. The zero-order chi connectivity index (χ0) is 23.9. The van der Waals surface area contributed by atoms with Crippen molar-refractivity contribution in [2.75, 3.05) is 32.8 Å². The molecule has 1 saturated heterocycles. The van der Waals surface area contributed by atoms with Gasteiger partial charge in [-0.2, -0.15) is 0 Å². The van der Waals surface area contributed by atoms with Gasteiger partial charge in [-0.3, -0.25) is 4.79 Å². The van der Waals surface area contributed by atoms with Crippen LogP contribution in [0.15, 0.2) is 36.4 Å². The Bertz CT molecular complexity index is 973. The van der Waals surface area contributed by atoms with E-state index in [-0.39, 0.29) is 30.9 Å². The highest BCUT2D eigenvalue weighted by Gasteiger charge is 2.21. The fourth-order valence-electron chi connectivity index (χ4n) is 4.91. The average molecular weight is 469 g/mol. The number of carbonyl (C=O) groups excluding carboxylic acids is 1. The van der Waals surface area contributed by atoms with Gasteiger partial charge in [-0.15, -0.1) is 0 Å². The molecule has 0 bridgehead atoms. The summed E-state index contributed by atoms with van der Waals surface area (Å²) in [6.07, 6.45) is 5.78. The molecular formula is C27H36N2O5. The molecule has 0 spiro atoms. The summed E-state index contributed by atoms with van der Waals surface area (Å²) in [5.41, 5.74) is 3.88. The number of ether oxygens (including phenoxy) is 1. The van der Waals surface area contributed by atoms with Crippen LogP contribution in [-0.4, -0.2) is 65.0 Å². The maximum Gasteiger partial charge on any atom is 0.260 e. The van der Waals surface area contributed by atoms with E-state index in [4.69, 9.17) is 9.84 Å². The second kappa shape index (κ2) is 11.7. The molecule has 7 nitrogen and oxygen atoms in total. The van der Waals surface area contributed by atoms with Gasteiger partial charge in [-0.1, -0.05) is 12.1 Å². The molecule has 1 fully saturated rings. The van der Waals surface area contributed by atoms with E-state index in [0.717, 1.165) is 56.5 Å². The van der Waals surface area contributed by atoms with Crippen molar-refractivity contribution in [3.63, 3.8) is 0 Å². The lowest BCUT2D eigenvalue weighted by molar-refractivity contribution is -0.134. The van der Waals surface area contributed by atoms with Gasteiger partial charge in [0.25, 0.3) is 5.91 Å². The van der Waals surface area contributed by atoms with Crippen LogP contribution < -0.4 is 10.1 Å². The quantitative estimate of drug-likeness (QED) is 0.451. The topological polar surface area (TPSA) is 102 Å². The fourth-order valence-corrected chi connectivity index (χ4v) is 4.91. The molecule has 4 rings (SSSR count). The number of fused-ring (bicyclic) bond motifs is 1. The van der Waals surface area contributed by atoms with Gasteiger partial charge < -0.3 is 30.3 Å². The first-order valence-electron chi connectivity index (χ1n) is 12.4. The largest absolute Gasteiger partial charge is 0.508 e. The summed E-state index contributed by atoms with van der Waals surface area (Å²) in [4.78, 5) is 14.3. The molecule has 1 aliphatic carbocycles. The molecule has 2 aromatic carbocycles. The van der Waals surface area contributed by atoms with Crippen LogP contribution in [0.5, 0.6) is 11.5 Å². The van der Waals surface area contributed by atoms with E-state index >= 15 is 0 Å². The first-order valence-corrected chi connectivity index (χ1v) is 12.4. The Morgan fingerprint density at radius 3 is 2.74 bits per heavy atom. The van der Waals surface area contributed by atoms with Crippen LogP contribution in [0.3, 0.4) is 0 Å². The summed E-state index contributed by atoms with van der Waals surface area (Å²) in [7, 11) is 0. The maximum absolute atomic E-state index is 12.4. The third-order valence-electron chi connectivity index (χ3n) is 6.95. The Labute approximate surface area is 201 Å². The Morgan fingerprint density at radius 2 is 1.94 bits per heavy atom. The normalized spacial score (nSPS) is 18.9. The minimum absolute atomic E-state index is 0.0506. The van der Waals surface area contributed by atoms with Gasteiger partial charge in [0.2, 0.25) is 0 Å². The number of aryl methyl sites for hydroxylation is 1. The van der Waals surface area contributed by atoms with Gasteiger partial charge in [0.05, 0.1) is 6.10 Å². The molecule has 1 heterocycles. The van der Waals surface area contributed by atoms with Crippen LogP contribution in [0.2, 0.25) is 0 Å². The molecule has 0 unspecified atom stereocenters. The number of phenols is 1. The van der Waals surface area contributed by atoms with Gasteiger partial charge in [-0.05, 0) is 91.5 Å². The van der Waals surface area contributed by atoms with Crippen LogP contribution >= 0.6 is 0 Å². The van der Waals surface area contributed by atoms with E-state index in [9.17, 15) is 15.0 Å². The van der Waals surface area contributed by atoms with Crippen LogP contribution in [0.1, 0.15) is 54.0 Å². The van der Waals surface area contributed by atoms with Gasteiger partial charge >= 0.3 is 0 Å². The van der Waals surface area contributed by atoms with Crippen molar-refractivity contribution < 1.29 is 24.9 Å². The summed E-state index contributed by atoms with van der Waals surface area (Å²) < 4.78 is 5.83. The number of carbonyl (C=O) groups is 1. The second-order valence-electron chi connectivity index (χ2n) is 9.39. The lowest BCUT2D eigenvalue weighted by Crippen LogP contribution is -2.38. The summed E-state index contributed by atoms with van der Waals surface area (Å²) in [6, 6.07) is 11.4. The standard InChI is InChI=1S/C27H36N2O5/c30-13-10-21-14-20(6-9-25(21)31)26(32)17-28-23-7-4-19-5-8-24(16-22(19)15-23)34-18-27(33)29-11-2-1-3-12-29/h5-6,8-9,14,16,23,26,28,30-32H,1-4,7,10-13,15,17-18H2/t23-,26+/m0/s1. The first kappa shape index (κ1) is 24.5. The summed E-state index contributed by atoms with van der Waals surface area (Å²) >= 11 is 0. The van der Waals surface area contributed by atoms with E-state index < -0.39 is 6.10 Å². The van der Waals surface area contributed by atoms with E-state index in [2.05, 4.69) is 11.4 Å².